The lowest BCUT2D eigenvalue weighted by Crippen LogP contribution is -2.44. The average Bonchev–Trinajstić information content (AvgIpc) is 2.42. The van der Waals surface area contributed by atoms with E-state index in [0.29, 0.717) is 24.5 Å². The van der Waals surface area contributed by atoms with Crippen LogP contribution in [-0.4, -0.2) is 58.8 Å². The Labute approximate surface area is 113 Å². The molecule has 1 heterocycles. The minimum absolute atomic E-state index is 0.483. The summed E-state index contributed by atoms with van der Waals surface area (Å²) in [7, 11) is 3.14. The highest BCUT2D eigenvalue weighted by Gasteiger charge is 2.27. The molecule has 0 unspecified atom stereocenters. The maximum Gasteiger partial charge on any atom is 0.497 e. The van der Waals surface area contributed by atoms with Gasteiger partial charge in [0.1, 0.15) is 12.0 Å². The number of benzene rings is 1. The average molecular weight is 263 g/mol. The topological polar surface area (TPSA) is 48.0 Å². The second-order valence-corrected chi connectivity index (χ2v) is 4.50. The van der Waals surface area contributed by atoms with Crippen LogP contribution >= 0.6 is 0 Å². The number of carbonyl (C=O) groups is 1. The summed E-state index contributed by atoms with van der Waals surface area (Å²) in [6.07, 6.45) is 0.805. The molecule has 6 heteroatoms. The summed E-state index contributed by atoms with van der Waals surface area (Å²) >= 11 is 0. The first-order valence-corrected chi connectivity index (χ1v) is 6.29. The van der Waals surface area contributed by atoms with Crippen molar-refractivity contribution in [3.8, 4) is 5.75 Å². The highest BCUT2D eigenvalue weighted by Crippen LogP contribution is 2.11. The molecule has 1 aliphatic heterocycles. The van der Waals surface area contributed by atoms with E-state index in [1.54, 1.807) is 25.3 Å². The normalized spacial score (nSPS) is 17.7. The van der Waals surface area contributed by atoms with E-state index in [9.17, 15) is 4.79 Å². The van der Waals surface area contributed by atoms with E-state index < -0.39 is 7.12 Å². The quantitative estimate of drug-likeness (QED) is 0.575. The molecule has 0 radical (unpaired) electrons. The molecule has 1 aromatic carbocycles. The summed E-state index contributed by atoms with van der Waals surface area (Å²) in [5, 5.41) is 0. The van der Waals surface area contributed by atoms with Crippen LogP contribution in [0, 0.1) is 0 Å². The summed E-state index contributed by atoms with van der Waals surface area (Å²) in [5.41, 5.74) is 1.35. The van der Waals surface area contributed by atoms with Crippen LogP contribution in [0.2, 0.25) is 0 Å². The third-order valence-electron chi connectivity index (χ3n) is 3.13. The maximum atomic E-state index is 10.9. The fraction of sp³-hybridized carbons (Fsp3) is 0.462. The van der Waals surface area contributed by atoms with E-state index in [2.05, 4.69) is 4.90 Å². The lowest BCUT2D eigenvalue weighted by Gasteiger charge is -2.24. The number of hydrogen-bond acceptors (Lipinski definition) is 5. The summed E-state index contributed by atoms with van der Waals surface area (Å²) < 4.78 is 16.7. The zero-order valence-corrected chi connectivity index (χ0v) is 11.3. The molecule has 0 saturated carbocycles. The number of carbonyl (C=O) groups excluding carboxylic acids is 1. The number of rotatable bonds is 3. The summed E-state index contributed by atoms with van der Waals surface area (Å²) in [6.45, 7) is 2.87. The summed E-state index contributed by atoms with van der Waals surface area (Å²) in [5.74, 6) is 0.671. The van der Waals surface area contributed by atoms with Gasteiger partial charge in [-0.2, -0.15) is 0 Å². The predicted molar refractivity (Wildman–Crippen MR) is 73.2 cm³/mol. The highest BCUT2D eigenvalue weighted by molar-refractivity contribution is 6.62. The maximum absolute atomic E-state index is 10.9. The molecule has 0 amide bonds. The standard InChI is InChI=1S/C13H18BNO4/c1-15-5-7-18-14(19-8-6-15)12-9-11(10-16)3-4-13(12)17-2/h3-4,9-10H,5-8H2,1-2H3. The zero-order valence-electron chi connectivity index (χ0n) is 11.3. The molecule has 0 N–H and O–H groups in total. The molecule has 0 bridgehead atoms. The molecule has 0 aliphatic carbocycles. The van der Waals surface area contributed by atoms with Crippen LogP contribution < -0.4 is 10.2 Å². The van der Waals surface area contributed by atoms with E-state index in [1.807, 2.05) is 7.05 Å². The predicted octanol–water partition coefficient (Wildman–Crippen LogP) is 0.181. The molecule has 1 fully saturated rings. The smallest absolute Gasteiger partial charge is 0.497 e. The third kappa shape index (κ3) is 3.56. The first-order chi connectivity index (χ1) is 9.24. The zero-order chi connectivity index (χ0) is 13.7. The number of likely N-dealkylation sites (N-methyl/N-ethyl adjacent to an activating group) is 1. The van der Waals surface area contributed by atoms with E-state index in [1.165, 1.54) is 0 Å². The van der Waals surface area contributed by atoms with E-state index in [4.69, 9.17) is 14.0 Å². The minimum atomic E-state index is -0.483. The summed E-state index contributed by atoms with van der Waals surface area (Å²) in [4.78, 5) is 13.0. The van der Waals surface area contributed by atoms with E-state index in [-0.39, 0.29) is 0 Å². The Hall–Kier alpha value is -1.37. The Balaban J connectivity index is 2.20. The van der Waals surface area contributed by atoms with Gasteiger partial charge < -0.3 is 18.9 Å². The van der Waals surface area contributed by atoms with Crippen molar-refractivity contribution in [3.05, 3.63) is 23.8 Å². The van der Waals surface area contributed by atoms with Gasteiger partial charge in [0.25, 0.3) is 0 Å². The highest BCUT2D eigenvalue weighted by atomic mass is 16.6. The Morgan fingerprint density at radius 3 is 2.58 bits per heavy atom. The van der Waals surface area contributed by atoms with Gasteiger partial charge in [0.05, 0.1) is 7.11 Å². The van der Waals surface area contributed by atoms with Crippen molar-refractivity contribution >= 4 is 18.9 Å². The van der Waals surface area contributed by atoms with Gasteiger partial charge in [0.15, 0.2) is 0 Å². The van der Waals surface area contributed by atoms with Gasteiger partial charge in [-0.25, -0.2) is 0 Å². The van der Waals surface area contributed by atoms with Crippen LogP contribution in [-0.2, 0) is 9.31 Å². The van der Waals surface area contributed by atoms with Crippen molar-refractivity contribution in [2.24, 2.45) is 0 Å². The number of nitrogens with zero attached hydrogens (tertiary/aromatic N) is 1. The molecule has 0 atom stereocenters. The Kier molecular flexibility index (Phi) is 4.96. The van der Waals surface area contributed by atoms with Crippen LogP contribution in [0.3, 0.4) is 0 Å². The molecule has 102 valence electrons. The second-order valence-electron chi connectivity index (χ2n) is 4.50. The van der Waals surface area contributed by atoms with Gasteiger partial charge in [-0.15, -0.1) is 0 Å². The van der Waals surface area contributed by atoms with Gasteiger partial charge >= 0.3 is 7.12 Å². The van der Waals surface area contributed by atoms with Crippen LogP contribution in [0.4, 0.5) is 0 Å². The number of hydrogen-bond donors (Lipinski definition) is 0. The van der Waals surface area contributed by atoms with Crippen LogP contribution in [0.1, 0.15) is 10.4 Å². The van der Waals surface area contributed by atoms with Crippen LogP contribution in [0.25, 0.3) is 0 Å². The van der Waals surface area contributed by atoms with Gasteiger partial charge in [-0.1, -0.05) is 0 Å². The van der Waals surface area contributed by atoms with Gasteiger partial charge in [-0.05, 0) is 25.2 Å². The Morgan fingerprint density at radius 2 is 2.00 bits per heavy atom. The molecular weight excluding hydrogens is 245 g/mol. The van der Waals surface area contributed by atoms with Crippen molar-refractivity contribution in [2.75, 3.05) is 40.5 Å². The van der Waals surface area contributed by atoms with Gasteiger partial charge in [0.2, 0.25) is 0 Å². The first kappa shape index (κ1) is 14.1. The van der Waals surface area contributed by atoms with Crippen molar-refractivity contribution in [3.63, 3.8) is 0 Å². The molecule has 0 aromatic heterocycles. The molecule has 1 aromatic rings. The number of aldehydes is 1. The monoisotopic (exact) mass is 263 g/mol. The van der Waals surface area contributed by atoms with Crippen molar-refractivity contribution < 1.29 is 18.8 Å². The van der Waals surface area contributed by atoms with Gasteiger partial charge in [-0.3, -0.25) is 4.79 Å². The molecule has 0 spiro atoms. The molecule has 19 heavy (non-hydrogen) atoms. The Morgan fingerprint density at radius 1 is 1.32 bits per heavy atom. The van der Waals surface area contributed by atoms with E-state index in [0.717, 1.165) is 24.8 Å². The van der Waals surface area contributed by atoms with E-state index >= 15 is 0 Å². The lowest BCUT2D eigenvalue weighted by molar-refractivity contribution is 0.112. The molecule has 2 rings (SSSR count). The number of methoxy groups -OCH3 is 1. The van der Waals surface area contributed by atoms with Crippen molar-refractivity contribution in [1.82, 2.24) is 4.90 Å². The van der Waals surface area contributed by atoms with Crippen molar-refractivity contribution in [1.29, 1.82) is 0 Å². The molecule has 5 nitrogen and oxygen atoms in total. The Bertz CT molecular complexity index is 431. The molecule has 1 saturated heterocycles. The lowest BCUT2D eigenvalue weighted by atomic mass is 9.77. The third-order valence-corrected chi connectivity index (χ3v) is 3.13. The fourth-order valence-electron chi connectivity index (χ4n) is 1.98. The SMILES string of the molecule is COc1ccc(C=O)cc1B1OCCN(C)CCO1. The van der Waals surface area contributed by atoms with Crippen LogP contribution in [0.15, 0.2) is 18.2 Å². The van der Waals surface area contributed by atoms with Crippen LogP contribution in [0.5, 0.6) is 5.75 Å². The second kappa shape index (κ2) is 6.70. The fourth-order valence-corrected chi connectivity index (χ4v) is 1.98. The first-order valence-electron chi connectivity index (χ1n) is 6.29. The summed E-state index contributed by atoms with van der Waals surface area (Å²) in [6, 6.07) is 5.23. The number of ether oxygens (including phenoxy) is 1. The van der Waals surface area contributed by atoms with Crippen molar-refractivity contribution in [2.45, 2.75) is 0 Å². The minimum Gasteiger partial charge on any atom is -0.497 e. The molecular formula is C13H18BNO4. The van der Waals surface area contributed by atoms with Gasteiger partial charge in [0, 0.05) is 37.3 Å². The molecule has 1 aliphatic rings. The largest absolute Gasteiger partial charge is 0.497 e.